The lowest BCUT2D eigenvalue weighted by Crippen LogP contribution is -2.09. The normalized spacial score (nSPS) is 15.1. The number of nitrogens with two attached hydrogens (primary N) is 1. The van der Waals surface area contributed by atoms with Gasteiger partial charge in [-0.15, -0.1) is 10.2 Å². The number of aliphatic carboxylic acids is 1. The fourth-order valence-corrected chi connectivity index (χ4v) is 3.84. The third-order valence-electron chi connectivity index (χ3n) is 4.33. The van der Waals surface area contributed by atoms with Gasteiger partial charge in [-0.25, -0.2) is 9.97 Å². The number of nitrogens with zero attached hydrogens (tertiary/aromatic N) is 5. The Morgan fingerprint density at radius 3 is 2.88 bits per heavy atom. The van der Waals surface area contributed by atoms with E-state index in [-0.39, 0.29) is 12.3 Å². The van der Waals surface area contributed by atoms with Crippen LogP contribution in [0.15, 0.2) is 30.9 Å². The summed E-state index contributed by atoms with van der Waals surface area (Å²) in [5.41, 5.74) is 7.09. The molecule has 1 unspecified atom stereocenters. The van der Waals surface area contributed by atoms with Gasteiger partial charge in [-0.2, -0.15) is 0 Å². The molecule has 26 heavy (non-hydrogen) atoms. The lowest BCUT2D eigenvalue weighted by atomic mass is 9.94. The summed E-state index contributed by atoms with van der Waals surface area (Å²) in [6.07, 6.45) is 7.52. The molecule has 0 radical (unpaired) electrons. The van der Waals surface area contributed by atoms with E-state index in [0.29, 0.717) is 24.0 Å². The predicted molar refractivity (Wildman–Crippen MR) is 96.0 cm³/mol. The predicted octanol–water partition coefficient (Wildman–Crippen LogP) is 2.24. The summed E-state index contributed by atoms with van der Waals surface area (Å²) in [5.74, 6) is -0.272. The van der Waals surface area contributed by atoms with Crippen LogP contribution < -0.4 is 5.73 Å². The second-order valence-corrected chi connectivity index (χ2v) is 7.54. The number of anilines is 1. The zero-order chi connectivity index (χ0) is 18.1. The summed E-state index contributed by atoms with van der Waals surface area (Å²) in [6, 6.07) is 3.46. The first-order valence-electron chi connectivity index (χ1n) is 8.35. The van der Waals surface area contributed by atoms with Crippen molar-refractivity contribution in [3.8, 4) is 0 Å². The molecule has 0 amide bonds. The lowest BCUT2D eigenvalue weighted by molar-refractivity contribution is -0.137. The maximum Gasteiger partial charge on any atom is 0.304 e. The van der Waals surface area contributed by atoms with Crippen molar-refractivity contribution < 1.29 is 9.90 Å². The SMILES string of the molecule is Nc1ccc(C(CC(=O)O)c2cn(Cc3nnc(C4CC4)s3)cn2)cn1. The number of nitrogen functional groups attached to an aromatic ring is 1. The zero-order valence-corrected chi connectivity index (χ0v) is 14.8. The Bertz CT molecular complexity index is 915. The van der Waals surface area contributed by atoms with Crippen LogP contribution in [0.2, 0.25) is 0 Å². The number of imidazole rings is 1. The standard InChI is InChI=1S/C17H18N6O2S/c18-14-4-3-11(6-19-14)12(5-16(24)25)13-7-23(9-20-13)8-15-21-22-17(26-15)10-1-2-10/h3-4,6-7,9-10,12H,1-2,5,8H2,(H2,18,19)(H,24,25). The number of carboxylic acids is 1. The molecule has 9 heteroatoms. The van der Waals surface area contributed by atoms with Crippen LogP contribution in [0.25, 0.3) is 0 Å². The molecule has 1 aliphatic carbocycles. The smallest absolute Gasteiger partial charge is 0.304 e. The van der Waals surface area contributed by atoms with E-state index < -0.39 is 5.97 Å². The van der Waals surface area contributed by atoms with Crippen molar-refractivity contribution in [3.63, 3.8) is 0 Å². The third-order valence-corrected chi connectivity index (χ3v) is 5.40. The average molecular weight is 370 g/mol. The van der Waals surface area contributed by atoms with Crippen LogP contribution in [0.4, 0.5) is 5.82 Å². The van der Waals surface area contributed by atoms with Crippen LogP contribution in [-0.4, -0.2) is 35.8 Å². The summed E-state index contributed by atoms with van der Waals surface area (Å²) >= 11 is 1.64. The minimum absolute atomic E-state index is 0.0623. The molecule has 3 aromatic heterocycles. The summed E-state index contributed by atoms with van der Waals surface area (Å²) in [4.78, 5) is 19.8. The van der Waals surface area contributed by atoms with Gasteiger partial charge in [0.2, 0.25) is 0 Å². The lowest BCUT2D eigenvalue weighted by Gasteiger charge is -2.12. The molecule has 0 saturated heterocycles. The molecule has 3 heterocycles. The van der Waals surface area contributed by atoms with Crippen LogP contribution in [0, 0.1) is 0 Å². The van der Waals surface area contributed by atoms with E-state index in [0.717, 1.165) is 15.6 Å². The molecule has 8 nitrogen and oxygen atoms in total. The Balaban J connectivity index is 1.54. The summed E-state index contributed by atoms with van der Waals surface area (Å²) in [6.45, 7) is 0.581. The number of carbonyl (C=O) groups is 1. The highest BCUT2D eigenvalue weighted by atomic mass is 32.1. The number of hydrogen-bond donors (Lipinski definition) is 2. The van der Waals surface area contributed by atoms with Crippen molar-refractivity contribution in [2.45, 2.75) is 37.6 Å². The summed E-state index contributed by atoms with van der Waals surface area (Å²) < 4.78 is 1.91. The van der Waals surface area contributed by atoms with E-state index in [4.69, 9.17) is 5.73 Å². The van der Waals surface area contributed by atoms with E-state index in [9.17, 15) is 9.90 Å². The number of carboxylic acid groups (broad SMARTS) is 1. The van der Waals surface area contributed by atoms with Gasteiger partial charge in [0.1, 0.15) is 15.8 Å². The van der Waals surface area contributed by atoms with Gasteiger partial charge in [0, 0.05) is 24.2 Å². The quantitative estimate of drug-likeness (QED) is 0.654. The molecule has 0 bridgehead atoms. The minimum Gasteiger partial charge on any atom is -0.481 e. The molecule has 1 saturated carbocycles. The van der Waals surface area contributed by atoms with Crippen LogP contribution in [0.3, 0.4) is 0 Å². The van der Waals surface area contributed by atoms with Gasteiger partial charge in [-0.1, -0.05) is 17.4 Å². The van der Waals surface area contributed by atoms with E-state index >= 15 is 0 Å². The highest BCUT2D eigenvalue weighted by Gasteiger charge is 2.27. The average Bonchev–Trinajstić information content (AvgIpc) is 3.19. The van der Waals surface area contributed by atoms with E-state index in [1.807, 2.05) is 10.8 Å². The molecule has 1 aliphatic rings. The number of rotatable bonds is 7. The van der Waals surface area contributed by atoms with Gasteiger partial charge in [0.15, 0.2) is 0 Å². The second-order valence-electron chi connectivity index (χ2n) is 6.45. The summed E-state index contributed by atoms with van der Waals surface area (Å²) in [7, 11) is 0. The Morgan fingerprint density at radius 2 is 2.19 bits per heavy atom. The molecule has 134 valence electrons. The van der Waals surface area contributed by atoms with Crippen molar-refractivity contribution in [1.29, 1.82) is 0 Å². The maximum atomic E-state index is 11.3. The van der Waals surface area contributed by atoms with Gasteiger partial charge >= 0.3 is 5.97 Å². The summed E-state index contributed by atoms with van der Waals surface area (Å²) in [5, 5.41) is 19.8. The van der Waals surface area contributed by atoms with Crippen molar-refractivity contribution in [3.05, 3.63) is 52.1 Å². The molecule has 1 atom stereocenters. The van der Waals surface area contributed by atoms with Crippen molar-refractivity contribution in [1.82, 2.24) is 24.7 Å². The second kappa shape index (κ2) is 6.83. The molecular formula is C17H18N6O2S. The maximum absolute atomic E-state index is 11.3. The van der Waals surface area contributed by atoms with Gasteiger partial charge in [0.25, 0.3) is 0 Å². The Morgan fingerprint density at radius 1 is 1.35 bits per heavy atom. The Kier molecular flexibility index (Phi) is 4.37. The molecule has 1 fully saturated rings. The third kappa shape index (κ3) is 3.72. The highest BCUT2D eigenvalue weighted by Crippen LogP contribution is 2.41. The fraction of sp³-hybridized carbons (Fsp3) is 0.353. The topological polar surface area (TPSA) is 120 Å². The van der Waals surface area contributed by atoms with E-state index in [1.165, 1.54) is 12.8 Å². The minimum atomic E-state index is -0.889. The van der Waals surface area contributed by atoms with Crippen LogP contribution >= 0.6 is 11.3 Å². The van der Waals surface area contributed by atoms with Gasteiger partial charge in [-0.3, -0.25) is 4.79 Å². The van der Waals surface area contributed by atoms with Crippen LogP contribution in [0.1, 0.15) is 52.4 Å². The largest absolute Gasteiger partial charge is 0.481 e. The van der Waals surface area contributed by atoms with E-state index in [2.05, 4.69) is 20.2 Å². The van der Waals surface area contributed by atoms with Gasteiger partial charge < -0.3 is 15.4 Å². The first kappa shape index (κ1) is 16.6. The van der Waals surface area contributed by atoms with Crippen molar-refractivity contribution in [2.24, 2.45) is 0 Å². The van der Waals surface area contributed by atoms with Gasteiger partial charge in [0.05, 0.1) is 25.0 Å². The van der Waals surface area contributed by atoms with Crippen LogP contribution in [0.5, 0.6) is 0 Å². The first-order chi connectivity index (χ1) is 12.6. The number of hydrogen-bond acceptors (Lipinski definition) is 7. The first-order valence-corrected chi connectivity index (χ1v) is 9.17. The zero-order valence-electron chi connectivity index (χ0n) is 13.9. The molecule has 3 N–H and O–H groups in total. The van der Waals surface area contributed by atoms with Gasteiger partial charge in [-0.05, 0) is 24.5 Å². The molecule has 0 spiro atoms. The monoisotopic (exact) mass is 370 g/mol. The van der Waals surface area contributed by atoms with E-state index in [1.54, 1.807) is 36.0 Å². The Hall–Kier alpha value is -2.81. The molecule has 0 aliphatic heterocycles. The number of aromatic nitrogens is 5. The highest BCUT2D eigenvalue weighted by molar-refractivity contribution is 7.11. The van der Waals surface area contributed by atoms with Crippen molar-refractivity contribution >= 4 is 23.1 Å². The molecular weight excluding hydrogens is 352 g/mol. The number of pyridine rings is 1. The van der Waals surface area contributed by atoms with Crippen LogP contribution in [-0.2, 0) is 11.3 Å². The Labute approximate surface area is 153 Å². The molecule has 4 rings (SSSR count). The fourth-order valence-electron chi connectivity index (χ4n) is 2.82. The van der Waals surface area contributed by atoms with Crippen molar-refractivity contribution in [2.75, 3.05) is 5.73 Å². The molecule has 3 aromatic rings. The molecule has 0 aromatic carbocycles.